The Morgan fingerprint density at radius 2 is 1.94 bits per heavy atom. The lowest BCUT2D eigenvalue weighted by Crippen LogP contribution is -2.51. The van der Waals surface area contributed by atoms with E-state index in [1.165, 1.54) is 0 Å². The first kappa shape index (κ1) is 14.5. The molecule has 4 nitrogen and oxygen atoms in total. The van der Waals surface area contributed by atoms with Crippen LogP contribution in [-0.2, 0) is 4.79 Å². The van der Waals surface area contributed by atoms with E-state index in [0.717, 1.165) is 32.5 Å². The van der Waals surface area contributed by atoms with Gasteiger partial charge in [-0.05, 0) is 40.5 Å². The molecule has 1 atom stereocenters. The van der Waals surface area contributed by atoms with Gasteiger partial charge in [-0.15, -0.1) is 0 Å². The largest absolute Gasteiger partial charge is 0.340 e. The van der Waals surface area contributed by atoms with Crippen LogP contribution in [0.1, 0.15) is 40.5 Å². The van der Waals surface area contributed by atoms with E-state index in [0.29, 0.717) is 12.1 Å². The number of amides is 1. The van der Waals surface area contributed by atoms with Gasteiger partial charge in [-0.2, -0.15) is 0 Å². The van der Waals surface area contributed by atoms with Gasteiger partial charge in [-0.3, -0.25) is 9.69 Å². The van der Waals surface area contributed by atoms with Crippen LogP contribution < -0.4 is 5.73 Å². The smallest absolute Gasteiger partial charge is 0.239 e. The van der Waals surface area contributed by atoms with Crippen molar-refractivity contribution in [2.24, 2.45) is 5.73 Å². The van der Waals surface area contributed by atoms with E-state index in [1.807, 2.05) is 4.90 Å². The highest BCUT2D eigenvalue weighted by Gasteiger charge is 2.26. The molecular formula is C13H27N3O. The van der Waals surface area contributed by atoms with E-state index in [4.69, 9.17) is 5.73 Å². The van der Waals surface area contributed by atoms with Crippen molar-refractivity contribution in [3.63, 3.8) is 0 Å². The maximum Gasteiger partial charge on any atom is 0.239 e. The van der Waals surface area contributed by atoms with Gasteiger partial charge in [-0.1, -0.05) is 0 Å². The topological polar surface area (TPSA) is 49.6 Å². The molecule has 4 heteroatoms. The molecule has 1 amide bonds. The minimum atomic E-state index is -0.268. The highest BCUT2D eigenvalue weighted by Crippen LogP contribution is 2.11. The van der Waals surface area contributed by atoms with Crippen LogP contribution in [0.2, 0.25) is 0 Å². The van der Waals surface area contributed by atoms with Gasteiger partial charge in [0.1, 0.15) is 0 Å². The summed E-state index contributed by atoms with van der Waals surface area (Å²) < 4.78 is 0. The lowest BCUT2D eigenvalue weighted by molar-refractivity contribution is -0.135. The first-order valence-corrected chi connectivity index (χ1v) is 6.73. The maximum atomic E-state index is 11.9. The van der Waals surface area contributed by atoms with E-state index >= 15 is 0 Å². The summed E-state index contributed by atoms with van der Waals surface area (Å²) in [4.78, 5) is 16.2. The van der Waals surface area contributed by atoms with Crippen LogP contribution in [0, 0.1) is 0 Å². The summed E-state index contributed by atoms with van der Waals surface area (Å²) in [7, 11) is 0. The number of nitrogens with two attached hydrogens (primary N) is 1. The summed E-state index contributed by atoms with van der Waals surface area (Å²) in [5, 5.41) is 0. The number of hydrogen-bond donors (Lipinski definition) is 1. The average Bonchev–Trinajstić information content (AvgIpc) is 2.23. The second kappa shape index (κ2) is 6.36. The number of likely N-dealkylation sites (tertiary alicyclic amines) is 1. The standard InChI is InChI=1S/C13H27N3O/c1-10(2)16(11(3)4)9-8-15-7-5-6-12(14)13(15)17/h10-12H,5-9,14H2,1-4H3. The number of piperidine rings is 1. The van der Waals surface area contributed by atoms with Crippen molar-refractivity contribution in [1.29, 1.82) is 0 Å². The third-order valence-corrected chi connectivity index (χ3v) is 3.53. The Kier molecular flexibility index (Phi) is 5.40. The lowest BCUT2D eigenvalue weighted by atomic mass is 10.1. The highest BCUT2D eigenvalue weighted by atomic mass is 16.2. The molecule has 0 aromatic rings. The zero-order valence-electron chi connectivity index (χ0n) is 11.6. The molecule has 2 N–H and O–H groups in total. The Hall–Kier alpha value is -0.610. The fraction of sp³-hybridized carbons (Fsp3) is 0.923. The van der Waals surface area contributed by atoms with Crippen molar-refractivity contribution in [2.75, 3.05) is 19.6 Å². The van der Waals surface area contributed by atoms with Gasteiger partial charge < -0.3 is 10.6 Å². The van der Waals surface area contributed by atoms with Crippen molar-refractivity contribution >= 4 is 5.91 Å². The van der Waals surface area contributed by atoms with Gasteiger partial charge in [0.15, 0.2) is 0 Å². The molecule has 1 unspecified atom stereocenters. The van der Waals surface area contributed by atoms with Gasteiger partial charge in [0.25, 0.3) is 0 Å². The molecule has 0 bridgehead atoms. The maximum absolute atomic E-state index is 11.9. The molecule has 1 fully saturated rings. The van der Waals surface area contributed by atoms with E-state index in [-0.39, 0.29) is 11.9 Å². The molecular weight excluding hydrogens is 214 g/mol. The lowest BCUT2D eigenvalue weighted by Gasteiger charge is -2.35. The van der Waals surface area contributed by atoms with Crippen LogP contribution >= 0.6 is 0 Å². The Morgan fingerprint density at radius 1 is 1.35 bits per heavy atom. The number of nitrogens with zero attached hydrogens (tertiary/aromatic N) is 2. The van der Waals surface area contributed by atoms with Gasteiger partial charge in [0, 0.05) is 31.7 Å². The number of hydrogen-bond acceptors (Lipinski definition) is 3. The third kappa shape index (κ3) is 3.96. The Bertz CT molecular complexity index is 245. The molecule has 17 heavy (non-hydrogen) atoms. The van der Waals surface area contributed by atoms with Crippen molar-refractivity contribution in [2.45, 2.75) is 58.7 Å². The molecule has 1 heterocycles. The SMILES string of the molecule is CC(C)N(CCN1CCCC(N)C1=O)C(C)C. The number of rotatable bonds is 5. The van der Waals surface area contributed by atoms with E-state index in [1.54, 1.807) is 0 Å². The fourth-order valence-electron chi connectivity index (χ4n) is 2.54. The van der Waals surface area contributed by atoms with Crippen molar-refractivity contribution in [3.05, 3.63) is 0 Å². The van der Waals surface area contributed by atoms with Crippen LogP contribution in [0.3, 0.4) is 0 Å². The zero-order valence-corrected chi connectivity index (χ0v) is 11.6. The predicted molar refractivity (Wildman–Crippen MR) is 70.8 cm³/mol. The van der Waals surface area contributed by atoms with Crippen LogP contribution in [0.15, 0.2) is 0 Å². The van der Waals surface area contributed by atoms with Gasteiger partial charge in [0.05, 0.1) is 6.04 Å². The predicted octanol–water partition coefficient (Wildman–Crippen LogP) is 1.05. The summed E-state index contributed by atoms with van der Waals surface area (Å²) in [5.74, 6) is 0.128. The van der Waals surface area contributed by atoms with Crippen molar-refractivity contribution in [3.8, 4) is 0 Å². The average molecular weight is 241 g/mol. The first-order chi connectivity index (χ1) is 7.93. The summed E-state index contributed by atoms with van der Waals surface area (Å²) in [6.45, 7) is 11.4. The summed E-state index contributed by atoms with van der Waals surface area (Å²) in [6.07, 6.45) is 1.88. The molecule has 100 valence electrons. The second-order valence-corrected chi connectivity index (χ2v) is 5.50. The molecule has 1 saturated heterocycles. The van der Waals surface area contributed by atoms with Crippen LogP contribution in [0.4, 0.5) is 0 Å². The molecule has 1 aliphatic rings. The quantitative estimate of drug-likeness (QED) is 0.783. The third-order valence-electron chi connectivity index (χ3n) is 3.53. The summed E-state index contributed by atoms with van der Waals surface area (Å²) in [6, 6.07) is 0.766. The Labute approximate surface area is 105 Å². The van der Waals surface area contributed by atoms with Crippen LogP contribution in [-0.4, -0.2) is 53.5 Å². The molecule has 1 rings (SSSR count). The van der Waals surface area contributed by atoms with Crippen LogP contribution in [0.5, 0.6) is 0 Å². The Morgan fingerprint density at radius 3 is 2.47 bits per heavy atom. The highest BCUT2D eigenvalue weighted by molar-refractivity contribution is 5.82. The summed E-state index contributed by atoms with van der Waals surface area (Å²) >= 11 is 0. The molecule has 0 aliphatic carbocycles. The first-order valence-electron chi connectivity index (χ1n) is 6.73. The van der Waals surface area contributed by atoms with E-state index < -0.39 is 0 Å². The fourth-order valence-corrected chi connectivity index (χ4v) is 2.54. The van der Waals surface area contributed by atoms with Crippen molar-refractivity contribution < 1.29 is 4.79 Å². The molecule has 0 saturated carbocycles. The molecule has 0 radical (unpaired) electrons. The monoisotopic (exact) mass is 241 g/mol. The molecule has 0 aromatic heterocycles. The Balaban J connectivity index is 2.45. The van der Waals surface area contributed by atoms with Crippen molar-refractivity contribution in [1.82, 2.24) is 9.80 Å². The summed E-state index contributed by atoms with van der Waals surface area (Å²) in [5.41, 5.74) is 5.79. The minimum absolute atomic E-state index is 0.128. The normalized spacial score (nSPS) is 22.0. The van der Waals surface area contributed by atoms with E-state index in [9.17, 15) is 4.79 Å². The van der Waals surface area contributed by atoms with E-state index in [2.05, 4.69) is 32.6 Å². The van der Waals surface area contributed by atoms with Crippen LogP contribution in [0.25, 0.3) is 0 Å². The second-order valence-electron chi connectivity index (χ2n) is 5.50. The van der Waals surface area contributed by atoms with Gasteiger partial charge in [-0.25, -0.2) is 0 Å². The molecule has 1 aliphatic heterocycles. The zero-order chi connectivity index (χ0) is 13.0. The number of carbonyl (C=O) groups excluding carboxylic acids is 1. The minimum Gasteiger partial charge on any atom is -0.340 e. The van der Waals surface area contributed by atoms with Gasteiger partial charge >= 0.3 is 0 Å². The molecule has 0 aromatic carbocycles. The number of carbonyl (C=O) groups is 1. The van der Waals surface area contributed by atoms with Gasteiger partial charge in [0.2, 0.25) is 5.91 Å². The molecule has 0 spiro atoms.